The minimum absolute atomic E-state index is 0.176. The van der Waals surface area contributed by atoms with Crippen molar-refractivity contribution in [1.82, 2.24) is 0 Å². The molecule has 0 bridgehead atoms. The van der Waals surface area contributed by atoms with E-state index in [9.17, 15) is 4.39 Å². The number of hydrogen-bond donors (Lipinski definition) is 1. The number of fused-ring (bicyclic) bond motifs is 3. The number of hydrogen-bond acceptors (Lipinski definition) is 2. The molecular formula is C13H16BrFN2. The molecule has 2 aliphatic heterocycles. The van der Waals surface area contributed by atoms with Crippen molar-refractivity contribution in [3.05, 3.63) is 22.4 Å². The molecule has 2 heterocycles. The zero-order valence-corrected chi connectivity index (χ0v) is 11.4. The lowest BCUT2D eigenvalue weighted by Crippen LogP contribution is -2.51. The van der Waals surface area contributed by atoms with Crippen molar-refractivity contribution < 1.29 is 4.39 Å². The Morgan fingerprint density at radius 2 is 2.29 bits per heavy atom. The van der Waals surface area contributed by atoms with Gasteiger partial charge in [-0.2, -0.15) is 0 Å². The van der Waals surface area contributed by atoms with Gasteiger partial charge in [0.15, 0.2) is 0 Å². The summed E-state index contributed by atoms with van der Waals surface area (Å²) >= 11 is 3.24. The Morgan fingerprint density at radius 1 is 1.47 bits per heavy atom. The standard InChI is InChI=1S/C13H16BrFN2/c1-8-3-2-4-17-12-6-10(15)9(14)5-11(12)16-7-13(8)17/h5-6,8,13,16H,2-4,7H2,1H3. The second-order valence-electron chi connectivity index (χ2n) is 5.04. The van der Waals surface area contributed by atoms with Gasteiger partial charge in [0.1, 0.15) is 5.82 Å². The molecule has 1 N–H and O–H groups in total. The van der Waals surface area contributed by atoms with Gasteiger partial charge < -0.3 is 10.2 Å². The van der Waals surface area contributed by atoms with Gasteiger partial charge in [0.25, 0.3) is 0 Å². The summed E-state index contributed by atoms with van der Waals surface area (Å²) < 4.78 is 14.2. The van der Waals surface area contributed by atoms with E-state index in [1.165, 1.54) is 12.8 Å². The van der Waals surface area contributed by atoms with Crippen molar-refractivity contribution in [3.63, 3.8) is 0 Å². The van der Waals surface area contributed by atoms with Crippen LogP contribution in [0.2, 0.25) is 0 Å². The molecule has 1 aromatic rings. The lowest BCUT2D eigenvalue weighted by Gasteiger charge is -2.45. The van der Waals surface area contributed by atoms with Crippen molar-refractivity contribution in [2.45, 2.75) is 25.8 Å². The highest BCUT2D eigenvalue weighted by atomic mass is 79.9. The summed E-state index contributed by atoms with van der Waals surface area (Å²) in [6, 6.07) is 4.01. The third-order valence-electron chi connectivity index (χ3n) is 3.97. The van der Waals surface area contributed by atoms with Crippen LogP contribution in [0.1, 0.15) is 19.8 Å². The average molecular weight is 299 g/mol. The van der Waals surface area contributed by atoms with Crippen LogP contribution in [-0.2, 0) is 0 Å². The van der Waals surface area contributed by atoms with Crippen molar-refractivity contribution in [1.29, 1.82) is 0 Å². The topological polar surface area (TPSA) is 15.3 Å². The molecule has 2 atom stereocenters. The van der Waals surface area contributed by atoms with Gasteiger partial charge in [-0.3, -0.25) is 0 Å². The minimum Gasteiger partial charge on any atom is -0.381 e. The van der Waals surface area contributed by atoms with Crippen LogP contribution in [0, 0.1) is 11.7 Å². The molecule has 2 aliphatic rings. The van der Waals surface area contributed by atoms with Crippen LogP contribution in [0.15, 0.2) is 16.6 Å². The molecule has 1 aromatic carbocycles. The molecule has 0 amide bonds. The monoisotopic (exact) mass is 298 g/mol. The highest BCUT2D eigenvalue weighted by Gasteiger charge is 2.33. The predicted octanol–water partition coefficient (Wildman–Crippen LogP) is 3.62. The van der Waals surface area contributed by atoms with E-state index in [0.717, 1.165) is 24.5 Å². The summed E-state index contributed by atoms with van der Waals surface area (Å²) in [6.45, 7) is 4.30. The third-order valence-corrected chi connectivity index (χ3v) is 4.57. The predicted molar refractivity (Wildman–Crippen MR) is 72.1 cm³/mol. The van der Waals surface area contributed by atoms with E-state index in [0.29, 0.717) is 16.4 Å². The molecule has 92 valence electrons. The number of benzene rings is 1. The molecule has 2 nitrogen and oxygen atoms in total. The maximum absolute atomic E-state index is 13.7. The van der Waals surface area contributed by atoms with Gasteiger partial charge in [-0.15, -0.1) is 0 Å². The van der Waals surface area contributed by atoms with E-state index in [1.807, 2.05) is 6.07 Å². The fraction of sp³-hybridized carbons (Fsp3) is 0.538. The molecule has 1 saturated heterocycles. The van der Waals surface area contributed by atoms with Gasteiger partial charge in [-0.05, 0) is 40.8 Å². The number of rotatable bonds is 0. The van der Waals surface area contributed by atoms with Gasteiger partial charge in [0, 0.05) is 25.2 Å². The number of piperidine rings is 1. The smallest absolute Gasteiger partial charge is 0.139 e. The Bertz CT molecular complexity index is 449. The zero-order chi connectivity index (χ0) is 12.0. The van der Waals surface area contributed by atoms with Crippen LogP contribution in [0.3, 0.4) is 0 Å². The summed E-state index contributed by atoms with van der Waals surface area (Å²) in [6.07, 6.45) is 2.48. The second-order valence-corrected chi connectivity index (χ2v) is 5.90. The summed E-state index contributed by atoms with van der Waals surface area (Å²) in [5.41, 5.74) is 2.07. The first-order valence-corrected chi connectivity index (χ1v) is 6.95. The maximum Gasteiger partial charge on any atom is 0.139 e. The first kappa shape index (κ1) is 11.3. The largest absolute Gasteiger partial charge is 0.381 e. The molecule has 1 fully saturated rings. The fourth-order valence-corrected chi connectivity index (χ4v) is 3.33. The van der Waals surface area contributed by atoms with Crippen LogP contribution < -0.4 is 10.2 Å². The van der Waals surface area contributed by atoms with E-state index in [4.69, 9.17) is 0 Å². The summed E-state index contributed by atoms with van der Waals surface area (Å²) in [4.78, 5) is 2.37. The van der Waals surface area contributed by atoms with E-state index < -0.39 is 0 Å². The van der Waals surface area contributed by atoms with Gasteiger partial charge in [0.2, 0.25) is 0 Å². The van der Waals surface area contributed by atoms with Crippen molar-refractivity contribution in [2.75, 3.05) is 23.3 Å². The first-order valence-electron chi connectivity index (χ1n) is 6.16. The third kappa shape index (κ3) is 1.82. The Balaban J connectivity index is 2.03. The fourth-order valence-electron chi connectivity index (χ4n) is 2.99. The SMILES string of the molecule is CC1CCCN2c3cc(F)c(Br)cc3NCC12. The van der Waals surface area contributed by atoms with Gasteiger partial charge >= 0.3 is 0 Å². The highest BCUT2D eigenvalue weighted by Crippen LogP contribution is 2.39. The highest BCUT2D eigenvalue weighted by molar-refractivity contribution is 9.10. The van der Waals surface area contributed by atoms with Crippen LogP contribution >= 0.6 is 15.9 Å². The first-order chi connectivity index (χ1) is 8.16. The molecule has 17 heavy (non-hydrogen) atoms. The normalized spacial score (nSPS) is 27.1. The molecule has 0 saturated carbocycles. The Hall–Kier alpha value is -0.770. The average Bonchev–Trinajstić information content (AvgIpc) is 2.31. The lowest BCUT2D eigenvalue weighted by molar-refractivity contribution is 0.350. The quantitative estimate of drug-likeness (QED) is 0.787. The number of anilines is 2. The Labute approximate surface area is 109 Å². The van der Waals surface area contributed by atoms with Crippen LogP contribution in [-0.4, -0.2) is 19.1 Å². The minimum atomic E-state index is -0.176. The molecule has 0 aromatic heterocycles. The summed E-state index contributed by atoms with van der Waals surface area (Å²) in [7, 11) is 0. The van der Waals surface area contributed by atoms with Crippen LogP contribution in [0.5, 0.6) is 0 Å². The number of nitrogens with one attached hydrogen (secondary N) is 1. The summed E-state index contributed by atoms with van der Waals surface area (Å²) in [5.74, 6) is 0.500. The molecule has 0 spiro atoms. The molecule has 3 rings (SSSR count). The van der Waals surface area contributed by atoms with Crippen molar-refractivity contribution in [3.8, 4) is 0 Å². The van der Waals surface area contributed by atoms with Crippen molar-refractivity contribution in [2.24, 2.45) is 5.92 Å². The van der Waals surface area contributed by atoms with Crippen LogP contribution in [0.25, 0.3) is 0 Å². The molecule has 0 radical (unpaired) electrons. The van der Waals surface area contributed by atoms with Gasteiger partial charge in [0.05, 0.1) is 15.8 Å². The molecule has 4 heteroatoms. The second kappa shape index (κ2) is 4.16. The molecule has 0 aliphatic carbocycles. The molecular weight excluding hydrogens is 283 g/mol. The van der Waals surface area contributed by atoms with E-state index in [2.05, 4.69) is 33.1 Å². The Morgan fingerprint density at radius 3 is 3.12 bits per heavy atom. The number of halogens is 2. The summed E-state index contributed by atoms with van der Waals surface area (Å²) in [5, 5.41) is 3.42. The van der Waals surface area contributed by atoms with E-state index in [1.54, 1.807) is 6.07 Å². The van der Waals surface area contributed by atoms with Gasteiger partial charge in [-0.25, -0.2) is 4.39 Å². The van der Waals surface area contributed by atoms with Gasteiger partial charge in [-0.1, -0.05) is 6.92 Å². The maximum atomic E-state index is 13.7. The Kier molecular flexibility index (Phi) is 2.77. The van der Waals surface area contributed by atoms with Crippen molar-refractivity contribution >= 4 is 27.3 Å². The van der Waals surface area contributed by atoms with E-state index in [-0.39, 0.29) is 5.82 Å². The number of nitrogens with zero attached hydrogens (tertiary/aromatic N) is 1. The van der Waals surface area contributed by atoms with Crippen LogP contribution in [0.4, 0.5) is 15.8 Å². The molecule has 2 unspecified atom stereocenters. The lowest BCUT2D eigenvalue weighted by atomic mass is 9.88. The van der Waals surface area contributed by atoms with E-state index >= 15 is 0 Å². The zero-order valence-electron chi connectivity index (χ0n) is 9.84.